The molecule has 0 aliphatic heterocycles. The highest BCUT2D eigenvalue weighted by molar-refractivity contribution is 8.14. The summed E-state index contributed by atoms with van der Waals surface area (Å²) in [4.78, 5) is 2.95. The zero-order valence-corrected chi connectivity index (χ0v) is 13.3. The van der Waals surface area contributed by atoms with E-state index in [-0.39, 0.29) is 4.90 Å². The molecule has 5 nitrogen and oxygen atoms in total. The van der Waals surface area contributed by atoms with Crippen LogP contribution in [0.4, 0.5) is 0 Å². The van der Waals surface area contributed by atoms with Crippen LogP contribution in [-0.4, -0.2) is 23.2 Å². The zero-order chi connectivity index (χ0) is 15.2. The summed E-state index contributed by atoms with van der Waals surface area (Å²) in [6, 6.07) is 3.25. The van der Waals surface area contributed by atoms with Gasteiger partial charge in [0.1, 0.15) is 10.6 Å². The SMILES string of the molecule is CCc1cnn(-c2c(Cl)ccc3c(S(=O)(=O)Cl)c[nH]c23)c1. The van der Waals surface area contributed by atoms with Gasteiger partial charge in [-0.1, -0.05) is 18.5 Å². The van der Waals surface area contributed by atoms with E-state index in [1.165, 1.54) is 6.20 Å². The predicted molar refractivity (Wildman–Crippen MR) is 82.8 cm³/mol. The molecule has 0 radical (unpaired) electrons. The van der Waals surface area contributed by atoms with Gasteiger partial charge < -0.3 is 4.98 Å². The molecule has 0 aliphatic carbocycles. The van der Waals surface area contributed by atoms with Gasteiger partial charge in [-0.05, 0) is 24.1 Å². The number of aromatic amines is 1. The smallest absolute Gasteiger partial charge is 0.263 e. The molecule has 0 amide bonds. The Morgan fingerprint density at radius 1 is 1.38 bits per heavy atom. The third kappa shape index (κ3) is 2.43. The Bertz CT molecular complexity index is 928. The highest BCUT2D eigenvalue weighted by Gasteiger charge is 2.20. The Kier molecular flexibility index (Phi) is 3.47. The molecule has 2 aromatic heterocycles. The molecule has 8 heteroatoms. The first-order chi connectivity index (χ1) is 9.91. The Labute approximate surface area is 130 Å². The van der Waals surface area contributed by atoms with Crippen molar-refractivity contribution in [3.63, 3.8) is 0 Å². The lowest BCUT2D eigenvalue weighted by Crippen LogP contribution is -1.97. The van der Waals surface area contributed by atoms with Crippen LogP contribution in [0, 0.1) is 0 Å². The first kappa shape index (κ1) is 14.4. The summed E-state index contributed by atoms with van der Waals surface area (Å²) in [6.45, 7) is 2.02. The van der Waals surface area contributed by atoms with E-state index >= 15 is 0 Å². The van der Waals surface area contributed by atoms with E-state index in [9.17, 15) is 8.42 Å². The average Bonchev–Trinajstić information content (AvgIpc) is 3.03. The number of halogens is 2. The predicted octanol–water partition coefficient (Wildman–Crippen LogP) is 3.50. The molecule has 1 N–H and O–H groups in total. The summed E-state index contributed by atoms with van der Waals surface area (Å²) in [5.41, 5.74) is 2.23. The highest BCUT2D eigenvalue weighted by atomic mass is 35.7. The van der Waals surface area contributed by atoms with Crippen LogP contribution in [0.25, 0.3) is 16.6 Å². The van der Waals surface area contributed by atoms with Gasteiger partial charge in [0.2, 0.25) is 0 Å². The number of nitrogens with zero attached hydrogens (tertiary/aromatic N) is 2. The van der Waals surface area contributed by atoms with Crippen molar-refractivity contribution >= 4 is 42.2 Å². The van der Waals surface area contributed by atoms with Crippen LogP contribution in [0.1, 0.15) is 12.5 Å². The van der Waals surface area contributed by atoms with Crippen LogP contribution in [0.2, 0.25) is 5.02 Å². The number of hydrogen-bond donors (Lipinski definition) is 1. The van der Waals surface area contributed by atoms with Crippen LogP contribution in [0.15, 0.2) is 35.6 Å². The molecule has 0 atom stereocenters. The van der Waals surface area contributed by atoms with E-state index in [0.29, 0.717) is 21.6 Å². The van der Waals surface area contributed by atoms with Crippen LogP contribution in [0.5, 0.6) is 0 Å². The normalized spacial score (nSPS) is 12.1. The fourth-order valence-corrected chi connectivity index (χ4v) is 3.48. The van der Waals surface area contributed by atoms with Crippen LogP contribution >= 0.6 is 22.3 Å². The van der Waals surface area contributed by atoms with E-state index in [0.717, 1.165) is 12.0 Å². The molecule has 0 unspecified atom stereocenters. The minimum Gasteiger partial charge on any atom is -0.358 e. The van der Waals surface area contributed by atoms with Gasteiger partial charge in [0.25, 0.3) is 9.05 Å². The van der Waals surface area contributed by atoms with Crippen LogP contribution in [0.3, 0.4) is 0 Å². The lowest BCUT2D eigenvalue weighted by atomic mass is 10.2. The van der Waals surface area contributed by atoms with Crippen molar-refractivity contribution in [3.8, 4) is 5.69 Å². The Morgan fingerprint density at radius 2 is 2.14 bits per heavy atom. The third-order valence-corrected chi connectivity index (χ3v) is 4.94. The van der Waals surface area contributed by atoms with Gasteiger partial charge >= 0.3 is 0 Å². The van der Waals surface area contributed by atoms with Crippen LogP contribution in [-0.2, 0) is 15.5 Å². The van der Waals surface area contributed by atoms with Crippen molar-refractivity contribution in [2.24, 2.45) is 0 Å². The van der Waals surface area contributed by atoms with Crippen molar-refractivity contribution in [2.75, 3.05) is 0 Å². The second-order valence-corrected chi connectivity index (χ2v) is 7.50. The van der Waals surface area contributed by atoms with Crippen molar-refractivity contribution < 1.29 is 8.42 Å². The van der Waals surface area contributed by atoms with Crippen molar-refractivity contribution in [1.29, 1.82) is 0 Å². The molecule has 110 valence electrons. The highest BCUT2D eigenvalue weighted by Crippen LogP contribution is 2.33. The van der Waals surface area contributed by atoms with Gasteiger partial charge in [0.15, 0.2) is 0 Å². The standard InChI is InChI=1S/C13H11Cl2N3O2S/c1-2-8-5-17-18(7-8)13-10(14)4-3-9-11(21(15,19)20)6-16-12(9)13/h3-7,16H,2H2,1H3. The molecule has 0 bridgehead atoms. The van der Waals surface area contributed by atoms with Crippen molar-refractivity contribution in [2.45, 2.75) is 18.2 Å². The van der Waals surface area contributed by atoms with E-state index in [1.54, 1.807) is 23.0 Å². The number of rotatable bonds is 3. The van der Waals surface area contributed by atoms with E-state index < -0.39 is 9.05 Å². The molecule has 0 saturated heterocycles. The van der Waals surface area contributed by atoms with Crippen LogP contribution < -0.4 is 0 Å². The first-order valence-corrected chi connectivity index (χ1v) is 8.88. The van der Waals surface area contributed by atoms with E-state index in [1.807, 2.05) is 13.1 Å². The average molecular weight is 344 g/mol. The Balaban J connectivity index is 2.32. The molecular formula is C13H11Cl2N3O2S. The van der Waals surface area contributed by atoms with Gasteiger partial charge in [-0.15, -0.1) is 0 Å². The first-order valence-electron chi connectivity index (χ1n) is 6.20. The quantitative estimate of drug-likeness (QED) is 0.740. The fourth-order valence-electron chi connectivity index (χ4n) is 2.22. The lowest BCUT2D eigenvalue weighted by Gasteiger charge is -2.06. The second-order valence-electron chi connectivity index (χ2n) is 4.56. The molecule has 0 saturated carbocycles. The molecule has 3 rings (SSSR count). The number of nitrogens with one attached hydrogen (secondary N) is 1. The number of benzene rings is 1. The molecule has 3 aromatic rings. The summed E-state index contributed by atoms with van der Waals surface area (Å²) >= 11 is 6.25. The molecule has 0 aliphatic rings. The fraction of sp³-hybridized carbons (Fsp3) is 0.154. The molecule has 2 heterocycles. The molecule has 0 spiro atoms. The second kappa shape index (κ2) is 5.05. The minimum atomic E-state index is -3.83. The molecular weight excluding hydrogens is 333 g/mol. The van der Waals surface area contributed by atoms with E-state index in [4.69, 9.17) is 22.3 Å². The third-order valence-electron chi connectivity index (χ3n) is 3.28. The number of fused-ring (bicyclic) bond motifs is 1. The lowest BCUT2D eigenvalue weighted by molar-refractivity contribution is 0.610. The maximum absolute atomic E-state index is 11.6. The van der Waals surface area contributed by atoms with E-state index in [2.05, 4.69) is 10.1 Å². The Morgan fingerprint density at radius 3 is 2.76 bits per heavy atom. The Hall–Kier alpha value is -1.50. The van der Waals surface area contributed by atoms with Gasteiger partial charge in [0.05, 0.1) is 16.7 Å². The molecule has 1 aromatic carbocycles. The number of H-pyrrole nitrogens is 1. The summed E-state index contributed by atoms with van der Waals surface area (Å²) in [6.07, 6.45) is 5.81. The number of hydrogen-bond acceptors (Lipinski definition) is 3. The maximum atomic E-state index is 11.6. The maximum Gasteiger partial charge on any atom is 0.263 e. The largest absolute Gasteiger partial charge is 0.358 e. The van der Waals surface area contributed by atoms with Gasteiger partial charge in [-0.25, -0.2) is 13.1 Å². The van der Waals surface area contributed by atoms with Gasteiger partial charge in [0, 0.05) is 28.5 Å². The summed E-state index contributed by atoms with van der Waals surface area (Å²) in [7, 11) is 1.61. The van der Waals surface area contributed by atoms with Crippen molar-refractivity contribution in [1.82, 2.24) is 14.8 Å². The molecule has 0 fully saturated rings. The summed E-state index contributed by atoms with van der Waals surface area (Å²) in [5.74, 6) is 0. The van der Waals surface area contributed by atoms with Crippen molar-refractivity contribution in [3.05, 3.63) is 41.3 Å². The summed E-state index contributed by atoms with van der Waals surface area (Å²) < 4.78 is 24.8. The number of aryl methyl sites for hydroxylation is 1. The number of aromatic nitrogens is 3. The summed E-state index contributed by atoms with van der Waals surface area (Å²) in [5, 5.41) is 5.22. The molecule has 21 heavy (non-hydrogen) atoms. The topological polar surface area (TPSA) is 67.8 Å². The zero-order valence-electron chi connectivity index (χ0n) is 11.0. The van der Waals surface area contributed by atoms with Gasteiger partial charge in [-0.2, -0.15) is 5.10 Å². The van der Waals surface area contributed by atoms with Gasteiger partial charge in [-0.3, -0.25) is 0 Å². The monoisotopic (exact) mass is 343 g/mol. The minimum absolute atomic E-state index is 0.0277.